The van der Waals surface area contributed by atoms with Crippen LogP contribution in [0.2, 0.25) is 0 Å². The third-order valence-corrected chi connectivity index (χ3v) is 6.33. The Morgan fingerprint density at radius 1 is 1.46 bits per heavy atom. The Balaban J connectivity index is 1.99. The zero-order valence-electron chi connectivity index (χ0n) is 14.7. The summed E-state index contributed by atoms with van der Waals surface area (Å²) in [5.41, 5.74) is -0.643. The lowest BCUT2D eigenvalue weighted by Gasteiger charge is -2.55. The Labute approximate surface area is 151 Å². The van der Waals surface area contributed by atoms with Crippen molar-refractivity contribution in [1.29, 1.82) is 0 Å². The molecule has 3 fully saturated rings. The van der Waals surface area contributed by atoms with Gasteiger partial charge in [0.2, 0.25) is 0 Å². The van der Waals surface area contributed by atoms with E-state index in [9.17, 15) is 19.5 Å². The van der Waals surface area contributed by atoms with E-state index in [0.717, 1.165) is 6.29 Å². The van der Waals surface area contributed by atoms with E-state index in [-0.39, 0.29) is 29.4 Å². The van der Waals surface area contributed by atoms with Crippen LogP contribution in [0.4, 0.5) is 0 Å². The van der Waals surface area contributed by atoms with E-state index >= 15 is 0 Å². The lowest BCUT2D eigenvalue weighted by atomic mass is 9.51. The van der Waals surface area contributed by atoms with Crippen LogP contribution in [0, 0.1) is 23.2 Å². The molecule has 7 nitrogen and oxygen atoms in total. The van der Waals surface area contributed by atoms with Gasteiger partial charge in [0.1, 0.15) is 18.5 Å². The molecule has 1 aliphatic heterocycles. The predicted octanol–water partition coefficient (Wildman–Crippen LogP) is 0.540. The van der Waals surface area contributed by atoms with Crippen molar-refractivity contribution < 1.29 is 34.1 Å². The quantitative estimate of drug-likeness (QED) is 0.426. The third kappa shape index (κ3) is 2.70. The zero-order chi connectivity index (χ0) is 19.2. The average molecular weight is 364 g/mol. The second-order valence-electron chi connectivity index (χ2n) is 7.76. The van der Waals surface area contributed by atoms with Gasteiger partial charge in [-0.3, -0.25) is 0 Å². The number of hydrogen-bond donors (Lipinski definition) is 2. The maximum Gasteiger partial charge on any atom is 0.336 e. The van der Waals surface area contributed by atoms with Crippen LogP contribution in [0.1, 0.15) is 26.2 Å². The van der Waals surface area contributed by atoms with E-state index in [4.69, 9.17) is 14.6 Å². The van der Waals surface area contributed by atoms with Crippen LogP contribution in [0.5, 0.6) is 0 Å². The zero-order valence-corrected chi connectivity index (χ0v) is 14.7. The molecule has 0 aromatic heterocycles. The first-order valence-electron chi connectivity index (χ1n) is 8.77. The van der Waals surface area contributed by atoms with Gasteiger partial charge in [-0.2, -0.15) is 0 Å². The number of aldehydes is 1. The van der Waals surface area contributed by atoms with Gasteiger partial charge >= 0.3 is 11.9 Å². The first kappa shape index (κ1) is 18.8. The van der Waals surface area contributed by atoms with Crippen LogP contribution in [0.25, 0.3) is 0 Å². The number of carbonyl (C=O) groups is 3. The van der Waals surface area contributed by atoms with Gasteiger partial charge in [-0.1, -0.05) is 20.1 Å². The molecule has 3 rings (SSSR count). The number of aliphatic hydroxyl groups is 2. The number of aliphatic hydroxyl groups excluding tert-OH is 2. The fourth-order valence-electron chi connectivity index (χ4n) is 4.91. The van der Waals surface area contributed by atoms with Crippen LogP contribution < -0.4 is 0 Å². The third-order valence-electron chi connectivity index (χ3n) is 6.33. The second kappa shape index (κ2) is 6.63. The topological polar surface area (TPSA) is 110 Å². The number of rotatable bonds is 4. The van der Waals surface area contributed by atoms with E-state index in [1.165, 1.54) is 0 Å². The van der Waals surface area contributed by atoms with Crippen LogP contribution >= 0.6 is 0 Å². The number of hydrogen-bond acceptors (Lipinski definition) is 7. The highest BCUT2D eigenvalue weighted by molar-refractivity contribution is 5.92. The Morgan fingerprint density at radius 3 is 2.77 bits per heavy atom. The molecule has 2 saturated carbocycles. The van der Waals surface area contributed by atoms with Gasteiger partial charge in [0, 0.05) is 22.8 Å². The largest absolute Gasteiger partial charge is 0.458 e. The molecule has 0 radical (unpaired) electrons. The maximum atomic E-state index is 12.1. The Kier molecular flexibility index (Phi) is 4.79. The van der Waals surface area contributed by atoms with Gasteiger partial charge in [0.15, 0.2) is 0 Å². The molecular formula is C19H24O7. The summed E-state index contributed by atoms with van der Waals surface area (Å²) < 4.78 is 11.0. The maximum absolute atomic E-state index is 12.1. The molecule has 2 N–H and O–H groups in total. The van der Waals surface area contributed by atoms with E-state index in [0.29, 0.717) is 12.8 Å². The summed E-state index contributed by atoms with van der Waals surface area (Å²) in [4.78, 5) is 35.9. The summed E-state index contributed by atoms with van der Waals surface area (Å²) >= 11 is 0. The van der Waals surface area contributed by atoms with Crippen molar-refractivity contribution in [2.75, 3.05) is 6.61 Å². The molecule has 0 bridgehead atoms. The molecule has 1 saturated heterocycles. The van der Waals surface area contributed by atoms with Gasteiger partial charge in [-0.15, -0.1) is 0 Å². The minimum absolute atomic E-state index is 0.0976. The van der Waals surface area contributed by atoms with E-state index in [1.54, 1.807) is 0 Å². The van der Waals surface area contributed by atoms with E-state index in [2.05, 4.69) is 13.2 Å². The van der Waals surface area contributed by atoms with Gasteiger partial charge in [-0.05, 0) is 19.3 Å². The predicted molar refractivity (Wildman–Crippen MR) is 89.6 cm³/mol. The fraction of sp³-hybridized carbons (Fsp3) is 0.632. The monoisotopic (exact) mass is 364 g/mol. The SMILES string of the molecule is C=C(CO)C(=O)OC1CC2(C)C(O)CCC(C=O)C2C2OC(=O)C(=C)C12. The van der Waals surface area contributed by atoms with Gasteiger partial charge in [0.05, 0.1) is 24.2 Å². The highest BCUT2D eigenvalue weighted by Crippen LogP contribution is 2.58. The highest BCUT2D eigenvalue weighted by Gasteiger charge is 2.63. The summed E-state index contributed by atoms with van der Waals surface area (Å²) in [5, 5.41) is 19.7. The van der Waals surface area contributed by atoms with Crippen LogP contribution in [-0.4, -0.2) is 53.4 Å². The van der Waals surface area contributed by atoms with Crippen molar-refractivity contribution >= 4 is 18.2 Å². The Hall–Kier alpha value is -1.99. The van der Waals surface area contributed by atoms with Gasteiger partial charge in [-0.25, -0.2) is 9.59 Å². The lowest BCUT2D eigenvalue weighted by molar-refractivity contribution is -0.194. The Bertz CT molecular complexity index is 669. The number of esters is 2. The van der Waals surface area contributed by atoms with Crippen molar-refractivity contribution in [3.8, 4) is 0 Å². The van der Waals surface area contributed by atoms with E-state index < -0.39 is 48.2 Å². The lowest BCUT2D eigenvalue weighted by Crippen LogP contribution is -2.60. The normalized spacial score (nSPS) is 41.7. The van der Waals surface area contributed by atoms with Crippen molar-refractivity contribution in [3.05, 3.63) is 24.3 Å². The van der Waals surface area contributed by atoms with Crippen LogP contribution in [0.3, 0.4) is 0 Å². The molecule has 0 amide bonds. The molecule has 0 aromatic rings. The summed E-state index contributed by atoms with van der Waals surface area (Å²) in [7, 11) is 0. The molecule has 7 unspecified atom stereocenters. The summed E-state index contributed by atoms with van der Waals surface area (Å²) in [5.74, 6) is -2.63. The fourth-order valence-corrected chi connectivity index (χ4v) is 4.91. The molecule has 1 heterocycles. The number of ether oxygens (including phenoxy) is 2. The standard InChI is InChI=1S/C19H24O7/c1-9(7-20)17(23)25-12-6-19(3)13(22)5-4-11(8-21)15(19)16-14(12)10(2)18(24)26-16/h8,11-16,20,22H,1-2,4-7H2,3H3. The molecule has 3 aliphatic rings. The summed E-state index contributed by atoms with van der Waals surface area (Å²) in [6, 6.07) is 0. The second-order valence-corrected chi connectivity index (χ2v) is 7.76. The Morgan fingerprint density at radius 2 is 2.15 bits per heavy atom. The minimum Gasteiger partial charge on any atom is -0.458 e. The molecule has 142 valence electrons. The molecule has 0 aromatic carbocycles. The van der Waals surface area contributed by atoms with Crippen molar-refractivity contribution in [2.24, 2.45) is 23.2 Å². The number of fused-ring (bicyclic) bond motifs is 3. The van der Waals surface area contributed by atoms with Gasteiger partial charge in [0.25, 0.3) is 0 Å². The molecule has 0 spiro atoms. The minimum atomic E-state index is -0.761. The summed E-state index contributed by atoms with van der Waals surface area (Å²) in [6.07, 6.45) is -0.0449. The molecule has 26 heavy (non-hydrogen) atoms. The molecule has 7 heteroatoms. The molecule has 7 atom stereocenters. The average Bonchev–Trinajstić information content (AvgIpc) is 2.90. The first-order chi connectivity index (χ1) is 12.2. The highest BCUT2D eigenvalue weighted by atomic mass is 16.6. The van der Waals surface area contributed by atoms with Gasteiger partial charge < -0.3 is 24.5 Å². The van der Waals surface area contributed by atoms with Crippen molar-refractivity contribution in [2.45, 2.75) is 44.5 Å². The van der Waals surface area contributed by atoms with Crippen LogP contribution in [0.15, 0.2) is 24.3 Å². The van der Waals surface area contributed by atoms with Crippen molar-refractivity contribution in [1.82, 2.24) is 0 Å². The van der Waals surface area contributed by atoms with E-state index in [1.807, 2.05) is 6.92 Å². The van der Waals surface area contributed by atoms with Crippen LogP contribution in [-0.2, 0) is 23.9 Å². The molecule has 2 aliphatic carbocycles. The molecular weight excluding hydrogens is 340 g/mol. The smallest absolute Gasteiger partial charge is 0.336 e. The van der Waals surface area contributed by atoms with Crippen molar-refractivity contribution in [3.63, 3.8) is 0 Å². The summed E-state index contributed by atoms with van der Waals surface area (Å²) in [6.45, 7) is 8.54. The number of carbonyl (C=O) groups excluding carboxylic acids is 3. The first-order valence-corrected chi connectivity index (χ1v) is 8.77.